The molecule has 1 aromatic carbocycles. The Labute approximate surface area is 108 Å². The number of imidazole rings is 1. The molecule has 7 heteroatoms. The molecule has 3 N–H and O–H groups in total. The Morgan fingerprint density at radius 2 is 2.26 bits per heavy atom. The number of nitrogens with zero attached hydrogens (tertiary/aromatic N) is 3. The van der Waals surface area contributed by atoms with E-state index in [1.165, 1.54) is 6.33 Å². The van der Waals surface area contributed by atoms with Gasteiger partial charge in [0.2, 0.25) is 0 Å². The Hall–Kier alpha value is -2.70. The summed E-state index contributed by atoms with van der Waals surface area (Å²) in [6, 6.07) is 5.09. The number of H-pyrrole nitrogens is 2. The van der Waals surface area contributed by atoms with Crippen LogP contribution in [0.4, 0.5) is 0 Å². The van der Waals surface area contributed by atoms with E-state index in [2.05, 4.69) is 30.5 Å². The Morgan fingerprint density at radius 3 is 3.05 bits per heavy atom. The van der Waals surface area contributed by atoms with Crippen LogP contribution in [0.1, 0.15) is 29.1 Å². The Morgan fingerprint density at radius 1 is 1.37 bits per heavy atom. The van der Waals surface area contributed by atoms with Gasteiger partial charge in [0.05, 0.1) is 23.4 Å². The molecule has 1 amide bonds. The first kappa shape index (κ1) is 11.4. The van der Waals surface area contributed by atoms with Crippen LogP contribution in [0.5, 0.6) is 0 Å². The zero-order valence-corrected chi connectivity index (χ0v) is 10.2. The summed E-state index contributed by atoms with van der Waals surface area (Å²) in [6.45, 7) is 1.84. The van der Waals surface area contributed by atoms with Crippen molar-refractivity contribution in [3.8, 4) is 0 Å². The maximum Gasteiger partial charge on any atom is 0.251 e. The molecule has 96 valence electrons. The Balaban J connectivity index is 1.79. The standard InChI is InChI=1S/C12H12N6O/c1-7(11-15-6-16-18-11)17-12(19)8-2-3-9-10(4-8)14-5-13-9/h2-7H,1H3,(H,13,14)(H,17,19)(H,15,16,18). The largest absolute Gasteiger partial charge is 0.345 e. The molecule has 0 saturated heterocycles. The smallest absolute Gasteiger partial charge is 0.251 e. The maximum absolute atomic E-state index is 12.1. The van der Waals surface area contributed by atoms with Crippen LogP contribution in [0.15, 0.2) is 30.9 Å². The minimum atomic E-state index is -0.229. The van der Waals surface area contributed by atoms with E-state index in [1.807, 2.05) is 6.92 Å². The molecule has 0 aliphatic carbocycles. The lowest BCUT2D eigenvalue weighted by Crippen LogP contribution is -2.27. The fourth-order valence-electron chi connectivity index (χ4n) is 1.85. The van der Waals surface area contributed by atoms with Crippen LogP contribution in [-0.2, 0) is 0 Å². The second-order valence-corrected chi connectivity index (χ2v) is 4.20. The van der Waals surface area contributed by atoms with Gasteiger partial charge in [-0.05, 0) is 25.1 Å². The average molecular weight is 256 g/mol. The summed E-state index contributed by atoms with van der Waals surface area (Å²) in [5, 5.41) is 9.33. The van der Waals surface area contributed by atoms with Crippen molar-refractivity contribution in [1.29, 1.82) is 0 Å². The minimum Gasteiger partial charge on any atom is -0.345 e. The number of hydrogen-bond acceptors (Lipinski definition) is 4. The molecular weight excluding hydrogens is 244 g/mol. The predicted octanol–water partition coefficient (Wildman–Crippen LogP) is 1.17. The van der Waals surface area contributed by atoms with Gasteiger partial charge in [0.15, 0.2) is 0 Å². The quantitative estimate of drug-likeness (QED) is 0.655. The van der Waals surface area contributed by atoms with Crippen LogP contribution >= 0.6 is 0 Å². The lowest BCUT2D eigenvalue weighted by atomic mass is 10.1. The number of rotatable bonds is 3. The summed E-state index contributed by atoms with van der Waals surface area (Å²) in [5.41, 5.74) is 2.24. The van der Waals surface area contributed by atoms with E-state index in [9.17, 15) is 4.79 Å². The third kappa shape index (κ3) is 2.17. The number of nitrogens with one attached hydrogen (secondary N) is 3. The first-order valence-electron chi connectivity index (χ1n) is 5.83. The predicted molar refractivity (Wildman–Crippen MR) is 68.4 cm³/mol. The highest BCUT2D eigenvalue weighted by Crippen LogP contribution is 2.13. The molecule has 2 aromatic heterocycles. The second kappa shape index (κ2) is 4.52. The van der Waals surface area contributed by atoms with Gasteiger partial charge >= 0.3 is 0 Å². The molecule has 0 aliphatic rings. The molecule has 1 unspecified atom stereocenters. The van der Waals surface area contributed by atoms with E-state index in [1.54, 1.807) is 24.5 Å². The summed E-state index contributed by atoms with van der Waals surface area (Å²) in [7, 11) is 0. The SMILES string of the molecule is CC(NC(=O)c1ccc2nc[nH]c2c1)c1ncn[nH]1. The fourth-order valence-corrected chi connectivity index (χ4v) is 1.85. The van der Waals surface area contributed by atoms with E-state index >= 15 is 0 Å². The Bertz CT molecular complexity index is 702. The molecule has 0 radical (unpaired) electrons. The van der Waals surface area contributed by atoms with Crippen LogP contribution in [0, 0.1) is 0 Å². The van der Waals surface area contributed by atoms with Crippen molar-refractivity contribution in [1.82, 2.24) is 30.5 Å². The third-order valence-corrected chi connectivity index (χ3v) is 2.87. The number of benzene rings is 1. The molecular formula is C12H12N6O. The highest BCUT2D eigenvalue weighted by atomic mass is 16.1. The van der Waals surface area contributed by atoms with Crippen LogP contribution in [0.25, 0.3) is 11.0 Å². The second-order valence-electron chi connectivity index (χ2n) is 4.20. The monoisotopic (exact) mass is 256 g/mol. The first-order valence-corrected chi connectivity index (χ1v) is 5.83. The lowest BCUT2D eigenvalue weighted by Gasteiger charge is -2.10. The van der Waals surface area contributed by atoms with E-state index < -0.39 is 0 Å². The molecule has 19 heavy (non-hydrogen) atoms. The number of fused-ring (bicyclic) bond motifs is 1. The van der Waals surface area contributed by atoms with Crippen molar-refractivity contribution in [2.45, 2.75) is 13.0 Å². The molecule has 0 fully saturated rings. The highest BCUT2D eigenvalue weighted by molar-refractivity contribution is 5.97. The van der Waals surface area contributed by atoms with Crippen LogP contribution < -0.4 is 5.32 Å². The number of carbonyl (C=O) groups is 1. The first-order chi connectivity index (χ1) is 9.24. The summed E-state index contributed by atoms with van der Waals surface area (Å²) < 4.78 is 0. The molecule has 0 saturated carbocycles. The number of hydrogen-bond donors (Lipinski definition) is 3. The zero-order valence-electron chi connectivity index (χ0n) is 10.2. The highest BCUT2D eigenvalue weighted by Gasteiger charge is 2.13. The molecule has 3 rings (SSSR count). The number of carbonyl (C=O) groups excluding carboxylic acids is 1. The molecule has 1 atom stereocenters. The van der Waals surface area contributed by atoms with Crippen molar-refractivity contribution in [2.75, 3.05) is 0 Å². The van der Waals surface area contributed by atoms with Crippen LogP contribution in [-0.4, -0.2) is 31.1 Å². The minimum absolute atomic E-state index is 0.166. The van der Waals surface area contributed by atoms with Gasteiger partial charge in [0.1, 0.15) is 12.2 Å². The van der Waals surface area contributed by atoms with Crippen molar-refractivity contribution < 1.29 is 4.79 Å². The summed E-state index contributed by atoms with van der Waals surface area (Å²) >= 11 is 0. The van der Waals surface area contributed by atoms with Crippen molar-refractivity contribution >= 4 is 16.9 Å². The van der Waals surface area contributed by atoms with E-state index in [-0.39, 0.29) is 11.9 Å². The van der Waals surface area contributed by atoms with Crippen molar-refractivity contribution in [3.63, 3.8) is 0 Å². The normalized spacial score (nSPS) is 12.5. The Kier molecular flexibility index (Phi) is 2.71. The van der Waals surface area contributed by atoms with Gasteiger partial charge in [-0.25, -0.2) is 9.97 Å². The van der Waals surface area contributed by atoms with Crippen LogP contribution in [0.2, 0.25) is 0 Å². The summed E-state index contributed by atoms with van der Waals surface area (Å²) in [4.78, 5) is 23.2. The summed E-state index contributed by atoms with van der Waals surface area (Å²) in [5.74, 6) is 0.455. The molecule has 3 aromatic rings. The van der Waals surface area contributed by atoms with E-state index in [0.717, 1.165) is 11.0 Å². The van der Waals surface area contributed by atoms with Gasteiger partial charge in [-0.15, -0.1) is 0 Å². The summed E-state index contributed by atoms with van der Waals surface area (Å²) in [6.07, 6.45) is 3.01. The van der Waals surface area contributed by atoms with Crippen LogP contribution in [0.3, 0.4) is 0 Å². The van der Waals surface area contributed by atoms with E-state index in [4.69, 9.17) is 0 Å². The van der Waals surface area contributed by atoms with Gasteiger partial charge in [-0.1, -0.05) is 0 Å². The molecule has 2 heterocycles. The zero-order chi connectivity index (χ0) is 13.2. The van der Waals surface area contributed by atoms with Crippen molar-refractivity contribution in [2.24, 2.45) is 0 Å². The van der Waals surface area contributed by atoms with Gasteiger partial charge in [0, 0.05) is 5.56 Å². The van der Waals surface area contributed by atoms with Gasteiger partial charge in [-0.2, -0.15) is 5.10 Å². The van der Waals surface area contributed by atoms with Gasteiger partial charge in [-0.3, -0.25) is 9.89 Å². The molecule has 0 aliphatic heterocycles. The van der Waals surface area contributed by atoms with Gasteiger partial charge in [0.25, 0.3) is 5.91 Å². The fraction of sp³-hybridized carbons (Fsp3) is 0.167. The number of aromatic nitrogens is 5. The van der Waals surface area contributed by atoms with E-state index in [0.29, 0.717) is 11.4 Å². The van der Waals surface area contributed by atoms with Crippen molar-refractivity contribution in [3.05, 3.63) is 42.2 Å². The third-order valence-electron chi connectivity index (χ3n) is 2.87. The lowest BCUT2D eigenvalue weighted by molar-refractivity contribution is 0.0938. The van der Waals surface area contributed by atoms with Gasteiger partial charge < -0.3 is 10.3 Å². The maximum atomic E-state index is 12.1. The average Bonchev–Trinajstić information content (AvgIpc) is 3.09. The molecule has 0 bridgehead atoms. The molecule has 0 spiro atoms. The topological polar surface area (TPSA) is 99.3 Å². The molecule has 7 nitrogen and oxygen atoms in total. The number of aromatic amines is 2. The number of amides is 1.